The molecule has 0 radical (unpaired) electrons. The number of nitriles is 2. The number of nitrogens with zero attached hydrogens (tertiary/aromatic N) is 2. The van der Waals surface area contributed by atoms with Crippen molar-refractivity contribution in [1.29, 1.82) is 10.5 Å². The minimum Gasteiger partial charge on any atom is -0.508 e. The van der Waals surface area contributed by atoms with Crippen molar-refractivity contribution in [3.63, 3.8) is 0 Å². The summed E-state index contributed by atoms with van der Waals surface area (Å²) in [7, 11) is 0. The number of benzene rings is 4. The molecule has 2 atom stereocenters. The number of aromatic amines is 1. The Labute approximate surface area is 272 Å². The van der Waals surface area contributed by atoms with Gasteiger partial charge in [0.1, 0.15) is 34.8 Å². The van der Waals surface area contributed by atoms with Gasteiger partial charge in [-0.25, -0.2) is 0 Å². The lowest BCUT2D eigenvalue weighted by Gasteiger charge is -2.13. The largest absolute Gasteiger partial charge is 0.508 e. The molecule has 0 fully saturated rings. The average molecular weight is 624 g/mol. The van der Waals surface area contributed by atoms with Crippen LogP contribution in [0.4, 0.5) is 0 Å². The topological polar surface area (TPSA) is 162 Å². The van der Waals surface area contributed by atoms with E-state index in [0.29, 0.717) is 5.56 Å². The first kappa shape index (κ1) is 33.3. The predicted octanol–water partition coefficient (Wildman–Crippen LogP) is 6.83. The van der Waals surface area contributed by atoms with E-state index in [-0.39, 0.29) is 40.6 Å². The van der Waals surface area contributed by atoms with E-state index in [9.17, 15) is 30.3 Å². The highest BCUT2D eigenvalue weighted by Gasteiger charge is 2.15. The molecule has 5 N–H and O–H groups in total. The van der Waals surface area contributed by atoms with Gasteiger partial charge in [-0.1, -0.05) is 66.7 Å². The van der Waals surface area contributed by atoms with Gasteiger partial charge in [-0.3, -0.25) is 9.59 Å². The van der Waals surface area contributed by atoms with Crippen molar-refractivity contribution in [3.8, 4) is 23.6 Å². The van der Waals surface area contributed by atoms with Crippen molar-refractivity contribution in [2.24, 2.45) is 0 Å². The summed E-state index contributed by atoms with van der Waals surface area (Å²) in [5.41, 5.74) is 4.10. The number of phenolic OH excluding ortho intramolecular Hbond substituents is 2. The van der Waals surface area contributed by atoms with E-state index in [4.69, 9.17) is 0 Å². The maximum absolute atomic E-state index is 12.4. The van der Waals surface area contributed by atoms with Gasteiger partial charge < -0.3 is 25.8 Å². The van der Waals surface area contributed by atoms with E-state index in [1.165, 1.54) is 24.3 Å². The monoisotopic (exact) mass is 623 g/mol. The van der Waals surface area contributed by atoms with Crippen molar-refractivity contribution >= 4 is 34.9 Å². The summed E-state index contributed by atoms with van der Waals surface area (Å²) in [5.74, 6) is -1.19. The molecule has 0 aliphatic rings. The lowest BCUT2D eigenvalue weighted by atomic mass is 10.1. The quantitative estimate of drug-likeness (QED) is 0.0939. The fraction of sp³-hybridized carbons (Fsp3) is 0.105. The molecule has 47 heavy (non-hydrogen) atoms. The Hall–Kier alpha value is -6.58. The highest BCUT2D eigenvalue weighted by molar-refractivity contribution is 6.02. The van der Waals surface area contributed by atoms with Crippen LogP contribution in [0, 0.1) is 22.7 Å². The van der Waals surface area contributed by atoms with Crippen molar-refractivity contribution in [2.75, 3.05) is 0 Å². The van der Waals surface area contributed by atoms with Gasteiger partial charge in [0.2, 0.25) is 0 Å². The molecule has 234 valence electrons. The second kappa shape index (κ2) is 15.9. The minimum atomic E-state index is -0.522. The fourth-order valence-electron chi connectivity index (χ4n) is 4.69. The van der Waals surface area contributed by atoms with Crippen LogP contribution in [-0.2, 0) is 9.59 Å². The number of nitrogens with one attached hydrogen (secondary N) is 3. The Morgan fingerprint density at radius 1 is 0.681 bits per heavy atom. The van der Waals surface area contributed by atoms with Gasteiger partial charge >= 0.3 is 0 Å². The number of fused-ring (bicyclic) bond motifs is 1. The zero-order chi connectivity index (χ0) is 33.8. The summed E-state index contributed by atoms with van der Waals surface area (Å²) in [4.78, 5) is 27.7. The van der Waals surface area contributed by atoms with Gasteiger partial charge in [-0.15, -0.1) is 0 Å². The summed E-state index contributed by atoms with van der Waals surface area (Å²) in [6, 6.07) is 34.0. The first-order chi connectivity index (χ1) is 22.7. The smallest absolute Gasteiger partial charge is 0.262 e. The highest BCUT2D eigenvalue weighted by atomic mass is 16.3. The Bertz CT molecular complexity index is 1980. The number of rotatable bonds is 8. The van der Waals surface area contributed by atoms with Crippen LogP contribution < -0.4 is 10.6 Å². The Balaban J connectivity index is 0.000000213. The molecule has 4 aromatic carbocycles. The zero-order valence-electron chi connectivity index (χ0n) is 25.8. The minimum absolute atomic E-state index is 0.0904. The third kappa shape index (κ3) is 9.45. The van der Waals surface area contributed by atoms with Gasteiger partial charge in [-0.05, 0) is 84.0 Å². The van der Waals surface area contributed by atoms with Crippen molar-refractivity contribution in [2.45, 2.75) is 25.9 Å². The van der Waals surface area contributed by atoms with Crippen LogP contribution in [0.25, 0.3) is 23.1 Å². The average Bonchev–Trinajstić information content (AvgIpc) is 3.54. The summed E-state index contributed by atoms with van der Waals surface area (Å²) in [6.45, 7) is 3.72. The van der Waals surface area contributed by atoms with E-state index in [1.54, 1.807) is 6.08 Å². The standard InChI is InChI=1S/C20H17N3O.C18H16N2O3/c1-14(16-5-3-2-4-6-16)23-20(24)18(13-21)12-15-7-8-19-17(11-15)9-10-22-19;1-12(14-5-3-2-4-6-14)20-18(23)15(11-19)7-13-8-16(21)10-17(22)9-13/h2-12,14,22H,1H3,(H,23,24);2-10,12,21-22H,1H3,(H,20,23)/b18-12+;15-7+. The highest BCUT2D eigenvalue weighted by Crippen LogP contribution is 2.23. The number of carbonyl (C=O) groups excluding carboxylic acids is 2. The normalized spacial score (nSPS) is 12.4. The molecule has 0 aliphatic heterocycles. The maximum atomic E-state index is 12.4. The molecule has 5 rings (SSSR count). The fourth-order valence-corrected chi connectivity index (χ4v) is 4.69. The lowest BCUT2D eigenvalue weighted by Crippen LogP contribution is -2.27. The van der Waals surface area contributed by atoms with Crippen LogP contribution >= 0.6 is 0 Å². The summed E-state index contributed by atoms with van der Waals surface area (Å²) in [5, 5.41) is 44.0. The molecule has 0 aliphatic carbocycles. The van der Waals surface area contributed by atoms with Gasteiger partial charge in [0, 0.05) is 17.8 Å². The number of carbonyl (C=O) groups is 2. The number of phenols is 2. The van der Waals surface area contributed by atoms with Crippen LogP contribution in [0.3, 0.4) is 0 Å². The second-order valence-electron chi connectivity index (χ2n) is 10.7. The first-order valence-electron chi connectivity index (χ1n) is 14.7. The molecule has 2 amide bonds. The van der Waals surface area contributed by atoms with Gasteiger partial charge in [0.15, 0.2) is 0 Å². The molecule has 0 bridgehead atoms. The molecule has 5 aromatic rings. The molecule has 1 heterocycles. The van der Waals surface area contributed by atoms with Crippen LogP contribution in [0.1, 0.15) is 48.2 Å². The van der Waals surface area contributed by atoms with E-state index >= 15 is 0 Å². The zero-order valence-corrected chi connectivity index (χ0v) is 25.8. The Kier molecular flexibility index (Phi) is 11.3. The Morgan fingerprint density at radius 2 is 1.17 bits per heavy atom. The summed E-state index contributed by atoms with van der Waals surface area (Å²) < 4.78 is 0. The molecule has 9 heteroatoms. The van der Waals surface area contributed by atoms with Crippen molar-refractivity contribution in [3.05, 3.63) is 143 Å². The molecule has 0 saturated carbocycles. The van der Waals surface area contributed by atoms with Gasteiger partial charge in [0.05, 0.1) is 12.1 Å². The van der Waals surface area contributed by atoms with Crippen LogP contribution in [0.5, 0.6) is 11.5 Å². The van der Waals surface area contributed by atoms with E-state index < -0.39 is 5.91 Å². The number of hydrogen-bond donors (Lipinski definition) is 5. The Morgan fingerprint density at radius 3 is 1.66 bits per heavy atom. The predicted molar refractivity (Wildman–Crippen MR) is 181 cm³/mol. The number of aromatic nitrogens is 1. The van der Waals surface area contributed by atoms with Gasteiger partial charge in [-0.2, -0.15) is 10.5 Å². The number of H-pyrrole nitrogens is 1. The van der Waals surface area contributed by atoms with Crippen molar-refractivity contribution in [1.82, 2.24) is 15.6 Å². The number of hydrogen-bond acceptors (Lipinski definition) is 6. The molecule has 9 nitrogen and oxygen atoms in total. The summed E-state index contributed by atoms with van der Waals surface area (Å²) >= 11 is 0. The SMILES string of the molecule is CC(NC(=O)/C(C#N)=C/c1cc(O)cc(O)c1)c1ccccc1.CC(NC(=O)/C(C#N)=C/c1ccc2[nH]ccc2c1)c1ccccc1. The molecular weight excluding hydrogens is 590 g/mol. The first-order valence-corrected chi connectivity index (χ1v) is 14.7. The molecule has 1 aromatic heterocycles. The van der Waals surface area contributed by atoms with E-state index in [0.717, 1.165) is 27.6 Å². The maximum Gasteiger partial charge on any atom is 0.262 e. The van der Waals surface area contributed by atoms with Crippen LogP contribution in [-0.4, -0.2) is 27.0 Å². The number of amides is 2. The van der Waals surface area contributed by atoms with Crippen molar-refractivity contribution < 1.29 is 19.8 Å². The molecule has 0 saturated heterocycles. The number of aromatic hydroxyl groups is 2. The van der Waals surface area contributed by atoms with E-state index in [1.807, 2.05) is 117 Å². The van der Waals surface area contributed by atoms with Crippen LogP contribution in [0.2, 0.25) is 0 Å². The van der Waals surface area contributed by atoms with Gasteiger partial charge in [0.25, 0.3) is 11.8 Å². The molecule has 0 spiro atoms. The summed E-state index contributed by atoms with van der Waals surface area (Å²) in [6.07, 6.45) is 4.78. The van der Waals surface area contributed by atoms with Crippen LogP contribution in [0.15, 0.2) is 120 Å². The second-order valence-corrected chi connectivity index (χ2v) is 10.7. The molecule has 2 unspecified atom stereocenters. The van der Waals surface area contributed by atoms with E-state index in [2.05, 4.69) is 15.6 Å². The molecular formula is C38H33N5O4. The third-order valence-electron chi connectivity index (χ3n) is 7.15. The third-order valence-corrected chi connectivity index (χ3v) is 7.15. The lowest BCUT2D eigenvalue weighted by molar-refractivity contribution is -0.118.